The summed E-state index contributed by atoms with van der Waals surface area (Å²) in [6, 6.07) is 3.77. The van der Waals surface area contributed by atoms with E-state index in [4.69, 9.17) is 16.0 Å². The third-order valence-corrected chi connectivity index (χ3v) is 2.67. The maximum atomic E-state index is 11.3. The molecule has 0 amide bonds. The molecule has 0 radical (unpaired) electrons. The molecule has 2 heterocycles. The summed E-state index contributed by atoms with van der Waals surface area (Å²) in [4.78, 5) is 19.5. The molecule has 0 aliphatic rings. The second-order valence-electron chi connectivity index (χ2n) is 3.74. The summed E-state index contributed by atoms with van der Waals surface area (Å²) in [6.07, 6.45) is 1.33. The van der Waals surface area contributed by atoms with Crippen LogP contribution in [0.3, 0.4) is 0 Å². The van der Waals surface area contributed by atoms with Crippen LogP contribution in [0.1, 0.15) is 11.5 Å². The molecular weight excluding hydrogens is 242 g/mol. The van der Waals surface area contributed by atoms with Crippen molar-refractivity contribution < 1.29 is 4.42 Å². The van der Waals surface area contributed by atoms with E-state index in [1.165, 1.54) is 6.33 Å². The lowest BCUT2D eigenvalue weighted by Gasteiger charge is -2.16. The fourth-order valence-electron chi connectivity index (χ4n) is 1.52. The Labute approximate surface area is 103 Å². The first-order valence-corrected chi connectivity index (χ1v) is 5.45. The number of H-pyrrole nitrogens is 1. The number of nitrogens with zero attached hydrogens (tertiary/aromatic N) is 2. The summed E-state index contributed by atoms with van der Waals surface area (Å²) in [5.41, 5.74) is -0.348. The first-order valence-electron chi connectivity index (χ1n) is 5.07. The van der Waals surface area contributed by atoms with Crippen LogP contribution < -0.4 is 10.5 Å². The van der Waals surface area contributed by atoms with Crippen LogP contribution in [0.5, 0.6) is 0 Å². The summed E-state index contributed by atoms with van der Waals surface area (Å²) < 4.78 is 5.45. The second kappa shape index (κ2) is 4.63. The summed E-state index contributed by atoms with van der Waals surface area (Å²) >= 11 is 5.88. The normalized spacial score (nSPS) is 10.5. The van der Waals surface area contributed by atoms with Crippen LogP contribution >= 0.6 is 11.6 Å². The van der Waals surface area contributed by atoms with Crippen molar-refractivity contribution in [2.45, 2.75) is 13.5 Å². The molecule has 2 aromatic rings. The van der Waals surface area contributed by atoms with Gasteiger partial charge in [-0.2, -0.15) is 0 Å². The second-order valence-corrected chi connectivity index (χ2v) is 4.12. The van der Waals surface area contributed by atoms with E-state index in [2.05, 4.69) is 9.97 Å². The Morgan fingerprint density at radius 3 is 2.94 bits per heavy atom. The SMILES string of the molecule is Cc1ccc(CN(C)c2nc[nH]c(=O)c2Cl)o1. The molecule has 2 aromatic heterocycles. The van der Waals surface area contributed by atoms with Crippen LogP contribution in [-0.4, -0.2) is 17.0 Å². The Balaban J connectivity index is 2.23. The van der Waals surface area contributed by atoms with E-state index in [0.29, 0.717) is 12.4 Å². The average Bonchev–Trinajstić information content (AvgIpc) is 2.68. The highest BCUT2D eigenvalue weighted by atomic mass is 35.5. The van der Waals surface area contributed by atoms with E-state index in [9.17, 15) is 4.79 Å². The van der Waals surface area contributed by atoms with Crippen molar-refractivity contribution in [2.75, 3.05) is 11.9 Å². The van der Waals surface area contributed by atoms with Crippen LogP contribution in [0.15, 0.2) is 27.7 Å². The quantitative estimate of drug-likeness (QED) is 0.908. The zero-order valence-electron chi connectivity index (χ0n) is 9.53. The molecule has 5 nitrogen and oxygen atoms in total. The molecule has 0 unspecified atom stereocenters. The molecule has 0 saturated carbocycles. The first kappa shape index (κ1) is 11.7. The highest BCUT2D eigenvalue weighted by Crippen LogP contribution is 2.19. The topological polar surface area (TPSA) is 62.1 Å². The fraction of sp³-hybridized carbons (Fsp3) is 0.273. The molecule has 0 saturated heterocycles. The van der Waals surface area contributed by atoms with E-state index in [1.54, 1.807) is 11.9 Å². The Hall–Kier alpha value is -1.75. The third kappa shape index (κ3) is 2.50. The first-order chi connectivity index (χ1) is 8.08. The minimum Gasteiger partial charge on any atom is -0.464 e. The maximum Gasteiger partial charge on any atom is 0.271 e. The molecule has 1 N–H and O–H groups in total. The largest absolute Gasteiger partial charge is 0.464 e. The number of aromatic nitrogens is 2. The zero-order valence-corrected chi connectivity index (χ0v) is 10.3. The molecule has 2 rings (SSSR count). The number of rotatable bonds is 3. The van der Waals surface area contributed by atoms with E-state index in [-0.39, 0.29) is 10.6 Å². The van der Waals surface area contributed by atoms with Gasteiger partial charge in [-0.25, -0.2) is 4.98 Å². The number of anilines is 1. The smallest absolute Gasteiger partial charge is 0.271 e. The van der Waals surface area contributed by atoms with Gasteiger partial charge in [0.15, 0.2) is 5.82 Å². The van der Waals surface area contributed by atoms with Crippen molar-refractivity contribution >= 4 is 17.4 Å². The molecule has 0 aliphatic carbocycles. The van der Waals surface area contributed by atoms with Crippen LogP contribution in [0, 0.1) is 6.92 Å². The number of halogens is 1. The van der Waals surface area contributed by atoms with E-state index >= 15 is 0 Å². The summed E-state index contributed by atoms with van der Waals surface area (Å²) in [6.45, 7) is 2.38. The van der Waals surface area contributed by atoms with Gasteiger partial charge < -0.3 is 14.3 Å². The van der Waals surface area contributed by atoms with Crippen molar-refractivity contribution in [1.82, 2.24) is 9.97 Å². The Morgan fingerprint density at radius 1 is 1.53 bits per heavy atom. The lowest BCUT2D eigenvalue weighted by Crippen LogP contribution is -2.21. The molecule has 0 spiro atoms. The van der Waals surface area contributed by atoms with Crippen molar-refractivity contribution in [3.05, 3.63) is 45.4 Å². The van der Waals surface area contributed by atoms with Crippen molar-refractivity contribution in [2.24, 2.45) is 0 Å². The Bertz CT molecular complexity index is 576. The van der Waals surface area contributed by atoms with Crippen LogP contribution in [0.25, 0.3) is 0 Å². The van der Waals surface area contributed by atoms with Gasteiger partial charge >= 0.3 is 0 Å². The Morgan fingerprint density at radius 2 is 2.29 bits per heavy atom. The van der Waals surface area contributed by atoms with Crippen molar-refractivity contribution in [3.8, 4) is 0 Å². The number of hydrogen-bond donors (Lipinski definition) is 1. The van der Waals surface area contributed by atoms with Crippen molar-refractivity contribution in [3.63, 3.8) is 0 Å². The van der Waals surface area contributed by atoms with E-state index in [1.807, 2.05) is 19.1 Å². The van der Waals surface area contributed by atoms with Gasteiger partial charge in [0.05, 0.1) is 12.9 Å². The highest BCUT2D eigenvalue weighted by molar-refractivity contribution is 6.32. The fourth-order valence-corrected chi connectivity index (χ4v) is 1.77. The predicted octanol–water partition coefficient (Wildman–Crippen LogP) is 1.96. The third-order valence-electron chi connectivity index (χ3n) is 2.33. The molecular formula is C11H12ClN3O2. The predicted molar refractivity (Wildman–Crippen MR) is 65.4 cm³/mol. The number of aryl methyl sites for hydroxylation is 1. The minimum absolute atomic E-state index is 0.0817. The van der Waals surface area contributed by atoms with Gasteiger partial charge in [-0.3, -0.25) is 4.79 Å². The van der Waals surface area contributed by atoms with Gasteiger partial charge in [0, 0.05) is 7.05 Å². The number of furan rings is 1. The van der Waals surface area contributed by atoms with Gasteiger partial charge in [-0.15, -0.1) is 0 Å². The summed E-state index contributed by atoms with van der Waals surface area (Å²) in [5, 5.41) is 0.0817. The van der Waals surface area contributed by atoms with E-state index < -0.39 is 0 Å². The van der Waals surface area contributed by atoms with Gasteiger partial charge in [-0.1, -0.05) is 11.6 Å². The number of aromatic amines is 1. The highest BCUT2D eigenvalue weighted by Gasteiger charge is 2.12. The summed E-state index contributed by atoms with van der Waals surface area (Å²) in [5.74, 6) is 2.07. The average molecular weight is 254 g/mol. The molecule has 0 aliphatic heterocycles. The molecule has 0 bridgehead atoms. The molecule has 0 atom stereocenters. The van der Waals surface area contributed by atoms with Gasteiger partial charge in [-0.05, 0) is 19.1 Å². The lowest BCUT2D eigenvalue weighted by molar-refractivity contribution is 0.481. The van der Waals surface area contributed by atoms with Gasteiger partial charge in [0.2, 0.25) is 0 Å². The lowest BCUT2D eigenvalue weighted by atomic mass is 10.4. The molecule has 17 heavy (non-hydrogen) atoms. The monoisotopic (exact) mass is 253 g/mol. The van der Waals surface area contributed by atoms with E-state index in [0.717, 1.165) is 11.5 Å². The number of hydrogen-bond acceptors (Lipinski definition) is 4. The molecule has 6 heteroatoms. The zero-order chi connectivity index (χ0) is 12.4. The minimum atomic E-state index is -0.348. The van der Waals surface area contributed by atoms with Crippen LogP contribution in [0.2, 0.25) is 5.02 Å². The van der Waals surface area contributed by atoms with Gasteiger partial charge in [0.1, 0.15) is 16.5 Å². The number of nitrogens with one attached hydrogen (secondary N) is 1. The molecule has 0 aromatic carbocycles. The van der Waals surface area contributed by atoms with Crippen LogP contribution in [-0.2, 0) is 6.54 Å². The standard InChI is InChI=1S/C11H12ClN3O2/c1-7-3-4-8(17-7)5-15(2)10-9(12)11(16)14-6-13-10/h3-4,6H,5H2,1-2H3,(H,13,14,16). The summed E-state index contributed by atoms with van der Waals surface area (Å²) in [7, 11) is 1.80. The Kier molecular flexibility index (Phi) is 3.19. The molecule has 0 fully saturated rings. The van der Waals surface area contributed by atoms with Crippen molar-refractivity contribution in [1.29, 1.82) is 0 Å². The van der Waals surface area contributed by atoms with Crippen LogP contribution in [0.4, 0.5) is 5.82 Å². The van der Waals surface area contributed by atoms with Gasteiger partial charge in [0.25, 0.3) is 5.56 Å². The molecule has 90 valence electrons. The maximum absolute atomic E-state index is 11.3.